The molecule has 0 radical (unpaired) electrons. The molecule has 0 aromatic rings. The van der Waals surface area contributed by atoms with E-state index in [1.165, 1.54) is 57.8 Å². The van der Waals surface area contributed by atoms with Crippen LogP contribution in [0, 0.1) is 10.8 Å². The summed E-state index contributed by atoms with van der Waals surface area (Å²) in [6.45, 7) is 14.5. The molecule has 4 rings (SSSR count). The first kappa shape index (κ1) is 18.7. The monoisotopic (exact) mass is 338 g/mol. The maximum Gasteiger partial charge on any atom is -0.0126 e. The Kier molecular flexibility index (Phi) is 5.20. The third-order valence-corrected chi connectivity index (χ3v) is 6.04. The normalized spacial score (nSPS) is 23.1. The molecule has 25 heavy (non-hydrogen) atoms. The summed E-state index contributed by atoms with van der Waals surface area (Å²) in [5.74, 6) is 0. The molecule has 0 nitrogen and oxygen atoms in total. The number of allylic oxidation sites excluding steroid dienone is 8. The highest BCUT2D eigenvalue weighted by Crippen LogP contribution is 2.54. The van der Waals surface area contributed by atoms with Gasteiger partial charge in [-0.1, -0.05) is 64.8 Å². The Morgan fingerprint density at radius 2 is 1.12 bits per heavy atom. The van der Waals surface area contributed by atoms with Crippen LogP contribution < -0.4 is 0 Å². The van der Waals surface area contributed by atoms with Gasteiger partial charge in [-0.05, 0) is 90.9 Å². The zero-order valence-corrected chi connectivity index (χ0v) is 17.5. The van der Waals surface area contributed by atoms with Crippen LogP contribution in [-0.4, -0.2) is 0 Å². The average Bonchev–Trinajstić information content (AvgIpc) is 2.87. The third-order valence-electron chi connectivity index (χ3n) is 6.04. The first-order valence-electron chi connectivity index (χ1n) is 10.5. The minimum Gasteiger partial charge on any atom is -0.0772 e. The lowest BCUT2D eigenvalue weighted by atomic mass is 9.60. The molecule has 4 aliphatic carbocycles. The van der Waals surface area contributed by atoms with E-state index in [-0.39, 0.29) is 0 Å². The van der Waals surface area contributed by atoms with Crippen LogP contribution in [0.1, 0.15) is 99.3 Å². The van der Waals surface area contributed by atoms with Gasteiger partial charge in [-0.2, -0.15) is 0 Å². The Morgan fingerprint density at radius 3 is 1.64 bits per heavy atom. The summed E-state index contributed by atoms with van der Waals surface area (Å²) in [4.78, 5) is 0. The van der Waals surface area contributed by atoms with Gasteiger partial charge in [0.25, 0.3) is 0 Å². The largest absolute Gasteiger partial charge is 0.0772 e. The van der Waals surface area contributed by atoms with Crippen molar-refractivity contribution in [2.24, 2.45) is 10.8 Å². The molecule has 0 aromatic heterocycles. The molecule has 0 heteroatoms. The van der Waals surface area contributed by atoms with Crippen molar-refractivity contribution in [3.8, 4) is 0 Å². The molecule has 4 bridgehead atoms. The van der Waals surface area contributed by atoms with Crippen molar-refractivity contribution in [1.82, 2.24) is 0 Å². The molecule has 0 amide bonds. The Hall–Kier alpha value is -1.04. The Balaban J connectivity index is 1.86. The van der Waals surface area contributed by atoms with E-state index in [0.717, 1.165) is 0 Å². The van der Waals surface area contributed by atoms with E-state index in [2.05, 4.69) is 53.7 Å². The number of hydrogen-bond acceptors (Lipinski definition) is 0. The van der Waals surface area contributed by atoms with E-state index in [0.29, 0.717) is 10.8 Å². The first-order chi connectivity index (χ1) is 11.7. The van der Waals surface area contributed by atoms with Gasteiger partial charge in [0.15, 0.2) is 0 Å². The lowest BCUT2D eigenvalue weighted by Crippen LogP contribution is -2.29. The number of fused-ring (bicyclic) bond motifs is 6. The van der Waals surface area contributed by atoms with E-state index in [1.54, 1.807) is 33.4 Å². The van der Waals surface area contributed by atoms with Gasteiger partial charge in [-0.3, -0.25) is 0 Å². The smallest absolute Gasteiger partial charge is 0.0126 e. The summed E-state index contributed by atoms with van der Waals surface area (Å²) in [6.07, 6.45) is 16.7. The Morgan fingerprint density at radius 1 is 0.640 bits per heavy atom. The van der Waals surface area contributed by atoms with Gasteiger partial charge in [0, 0.05) is 0 Å². The molecule has 0 unspecified atom stereocenters. The van der Waals surface area contributed by atoms with Gasteiger partial charge < -0.3 is 0 Å². The van der Waals surface area contributed by atoms with Crippen molar-refractivity contribution >= 4 is 0 Å². The van der Waals surface area contributed by atoms with Crippen LogP contribution in [0.3, 0.4) is 0 Å². The standard InChI is InChI=1S/C25H38/c1-24(2,3)22-20-13-9-7-11-18-15-16-19(17-18)12-8-10-14-21(22)23(20)25(4,5)6/h15,17H,7-14,16H2,1-6H3. The maximum atomic E-state index is 2.51. The van der Waals surface area contributed by atoms with Crippen molar-refractivity contribution in [2.75, 3.05) is 0 Å². The van der Waals surface area contributed by atoms with E-state index in [9.17, 15) is 0 Å². The zero-order valence-electron chi connectivity index (χ0n) is 17.5. The molecule has 0 aromatic carbocycles. The van der Waals surface area contributed by atoms with E-state index < -0.39 is 0 Å². The highest BCUT2D eigenvalue weighted by atomic mass is 14.4. The van der Waals surface area contributed by atoms with Gasteiger partial charge >= 0.3 is 0 Å². The highest BCUT2D eigenvalue weighted by molar-refractivity contribution is 5.63. The van der Waals surface area contributed by atoms with Crippen molar-refractivity contribution in [2.45, 2.75) is 99.3 Å². The SMILES string of the molecule is CC(C)(C)C1=C2CCCCC3=CCC(=C3)CCCCC1=C2C(C)(C)C. The highest BCUT2D eigenvalue weighted by Gasteiger charge is 2.39. The van der Waals surface area contributed by atoms with Crippen LogP contribution in [0.15, 0.2) is 45.6 Å². The van der Waals surface area contributed by atoms with Gasteiger partial charge in [-0.15, -0.1) is 0 Å². The molecule has 0 spiro atoms. The second-order valence-electron chi connectivity index (χ2n) is 10.4. The topological polar surface area (TPSA) is 0 Å². The van der Waals surface area contributed by atoms with Crippen LogP contribution >= 0.6 is 0 Å². The predicted octanol–water partition coefficient (Wildman–Crippen LogP) is 8.08. The van der Waals surface area contributed by atoms with Crippen molar-refractivity contribution in [3.05, 3.63) is 45.6 Å². The molecule has 0 atom stereocenters. The van der Waals surface area contributed by atoms with Crippen LogP contribution in [0.5, 0.6) is 0 Å². The van der Waals surface area contributed by atoms with Gasteiger partial charge in [0.2, 0.25) is 0 Å². The second-order valence-corrected chi connectivity index (χ2v) is 10.4. The van der Waals surface area contributed by atoms with E-state index in [1.807, 2.05) is 0 Å². The summed E-state index contributed by atoms with van der Waals surface area (Å²) < 4.78 is 0. The van der Waals surface area contributed by atoms with Gasteiger partial charge in [-0.25, -0.2) is 0 Å². The summed E-state index contributed by atoms with van der Waals surface area (Å²) >= 11 is 0. The molecule has 0 fully saturated rings. The summed E-state index contributed by atoms with van der Waals surface area (Å²) in [5, 5.41) is 0. The molecular weight excluding hydrogens is 300 g/mol. The van der Waals surface area contributed by atoms with Crippen LogP contribution in [0.2, 0.25) is 0 Å². The molecule has 0 N–H and O–H groups in total. The average molecular weight is 339 g/mol. The molecule has 0 heterocycles. The van der Waals surface area contributed by atoms with Crippen molar-refractivity contribution in [1.29, 1.82) is 0 Å². The minimum atomic E-state index is 0.292. The fourth-order valence-electron chi connectivity index (χ4n) is 5.14. The quantitative estimate of drug-likeness (QED) is 0.419. The van der Waals surface area contributed by atoms with Crippen LogP contribution in [0.25, 0.3) is 0 Å². The molecule has 0 saturated heterocycles. The molecule has 138 valence electrons. The Bertz CT molecular complexity index is 647. The van der Waals surface area contributed by atoms with Crippen LogP contribution in [0.4, 0.5) is 0 Å². The predicted molar refractivity (Wildman–Crippen MR) is 111 cm³/mol. The number of rotatable bonds is 0. The second kappa shape index (κ2) is 6.93. The lowest BCUT2D eigenvalue weighted by Gasteiger charge is -2.44. The zero-order chi connectivity index (χ0) is 18.2. The third kappa shape index (κ3) is 4.04. The molecule has 4 aliphatic rings. The van der Waals surface area contributed by atoms with Crippen molar-refractivity contribution < 1.29 is 0 Å². The van der Waals surface area contributed by atoms with Crippen LogP contribution in [-0.2, 0) is 0 Å². The van der Waals surface area contributed by atoms with Crippen molar-refractivity contribution in [3.63, 3.8) is 0 Å². The molecule has 0 saturated carbocycles. The number of hydrogen-bond donors (Lipinski definition) is 0. The summed E-state index contributed by atoms with van der Waals surface area (Å²) in [6, 6.07) is 0. The van der Waals surface area contributed by atoms with Gasteiger partial charge in [0.05, 0.1) is 0 Å². The summed E-state index contributed by atoms with van der Waals surface area (Å²) in [7, 11) is 0. The Labute approximate surface area is 156 Å². The van der Waals surface area contributed by atoms with Gasteiger partial charge in [0.1, 0.15) is 0 Å². The maximum absolute atomic E-state index is 2.51. The minimum absolute atomic E-state index is 0.292. The first-order valence-corrected chi connectivity index (χ1v) is 10.5. The molecule has 0 aliphatic heterocycles. The van der Waals surface area contributed by atoms with E-state index >= 15 is 0 Å². The fraction of sp³-hybridized carbons (Fsp3) is 0.680. The molecular formula is C25H38. The lowest BCUT2D eigenvalue weighted by molar-refractivity contribution is 0.437. The summed E-state index contributed by atoms with van der Waals surface area (Å²) in [5.41, 5.74) is 10.8. The fourth-order valence-corrected chi connectivity index (χ4v) is 5.14. The van der Waals surface area contributed by atoms with E-state index in [4.69, 9.17) is 0 Å².